The smallest absolute Gasteiger partial charge is 0.0174 e. The predicted molar refractivity (Wildman–Crippen MR) is 68.9 cm³/mol. The molecule has 0 spiro atoms. The van der Waals surface area contributed by atoms with Crippen molar-refractivity contribution in [3.05, 3.63) is 23.8 Å². The largest absolute Gasteiger partial charge is 0.0998 e. The molecular weight excluding hydrogens is 180 g/mol. The monoisotopic (exact) mass is 206 g/mol. The van der Waals surface area contributed by atoms with Gasteiger partial charge >= 0.3 is 0 Å². The van der Waals surface area contributed by atoms with Gasteiger partial charge in [0.25, 0.3) is 0 Å². The van der Waals surface area contributed by atoms with Gasteiger partial charge in [0.2, 0.25) is 0 Å². The fourth-order valence-electron chi connectivity index (χ4n) is 2.37. The van der Waals surface area contributed by atoms with Crippen LogP contribution in [0.2, 0.25) is 0 Å². The highest BCUT2D eigenvalue weighted by atomic mass is 14.2. The summed E-state index contributed by atoms with van der Waals surface area (Å²) in [5, 5.41) is 0. The summed E-state index contributed by atoms with van der Waals surface area (Å²) in [5.74, 6) is 1.62. The van der Waals surface area contributed by atoms with Gasteiger partial charge in [-0.3, -0.25) is 0 Å². The van der Waals surface area contributed by atoms with E-state index >= 15 is 0 Å². The molecule has 0 bridgehead atoms. The van der Waals surface area contributed by atoms with E-state index in [0.29, 0.717) is 0 Å². The maximum Gasteiger partial charge on any atom is -0.0174 e. The Morgan fingerprint density at radius 3 is 2.73 bits per heavy atom. The van der Waals surface area contributed by atoms with Crippen LogP contribution in [0, 0.1) is 11.8 Å². The first kappa shape index (κ1) is 12.5. The van der Waals surface area contributed by atoms with Crippen LogP contribution >= 0.6 is 0 Å². The first-order chi connectivity index (χ1) is 7.09. The van der Waals surface area contributed by atoms with E-state index < -0.39 is 0 Å². The Bertz CT molecular complexity index is 234. The molecule has 0 amide bonds. The summed E-state index contributed by atoms with van der Waals surface area (Å²) in [7, 11) is 0. The first-order valence-corrected chi connectivity index (χ1v) is 6.40. The van der Waals surface area contributed by atoms with Crippen molar-refractivity contribution >= 4 is 0 Å². The molecule has 86 valence electrons. The zero-order chi connectivity index (χ0) is 11.3. The van der Waals surface area contributed by atoms with Gasteiger partial charge in [-0.2, -0.15) is 0 Å². The van der Waals surface area contributed by atoms with Crippen molar-refractivity contribution in [2.45, 2.75) is 59.3 Å². The van der Waals surface area contributed by atoms with Crippen LogP contribution in [0.3, 0.4) is 0 Å². The number of rotatable bonds is 1. The van der Waals surface area contributed by atoms with Crippen molar-refractivity contribution in [2.24, 2.45) is 11.8 Å². The number of hydrogen-bond donors (Lipinski definition) is 0. The maximum absolute atomic E-state index is 4.13. The lowest BCUT2D eigenvalue weighted by Crippen LogP contribution is -2.06. The molecule has 0 radical (unpaired) electrons. The zero-order valence-corrected chi connectivity index (χ0v) is 10.7. The molecular formula is C15H26. The third-order valence-corrected chi connectivity index (χ3v) is 3.72. The standard InChI is InChI=1S/C15H26/c1-12(2)15-10-8-13(3)6-5-7-14(4)9-11-15/h8,14-15H,1,5-7,9-11H2,2-4H3/b13-8+/t14-,15-/m1/s1. The molecule has 0 N–H and O–H groups in total. The molecule has 0 aromatic rings. The molecule has 1 rings (SSSR count). The van der Waals surface area contributed by atoms with Crippen LogP contribution in [0.1, 0.15) is 59.3 Å². The third kappa shape index (κ3) is 4.68. The van der Waals surface area contributed by atoms with Crippen LogP contribution < -0.4 is 0 Å². The van der Waals surface area contributed by atoms with Crippen molar-refractivity contribution in [2.75, 3.05) is 0 Å². The van der Waals surface area contributed by atoms with E-state index in [1.54, 1.807) is 5.57 Å². The molecule has 0 unspecified atom stereocenters. The van der Waals surface area contributed by atoms with Crippen LogP contribution in [0.15, 0.2) is 23.8 Å². The highest BCUT2D eigenvalue weighted by molar-refractivity contribution is 5.05. The highest BCUT2D eigenvalue weighted by Crippen LogP contribution is 2.27. The Kier molecular flexibility index (Phi) is 5.14. The third-order valence-electron chi connectivity index (χ3n) is 3.72. The lowest BCUT2D eigenvalue weighted by molar-refractivity contribution is 0.410. The van der Waals surface area contributed by atoms with Gasteiger partial charge in [-0.1, -0.05) is 43.6 Å². The van der Waals surface area contributed by atoms with Crippen LogP contribution in [-0.4, -0.2) is 0 Å². The van der Waals surface area contributed by atoms with Crippen LogP contribution in [0.4, 0.5) is 0 Å². The topological polar surface area (TPSA) is 0 Å². The number of hydrogen-bond acceptors (Lipinski definition) is 0. The second-order valence-electron chi connectivity index (χ2n) is 5.40. The van der Waals surface area contributed by atoms with Crippen LogP contribution in [0.5, 0.6) is 0 Å². The molecule has 0 fully saturated rings. The molecule has 0 saturated heterocycles. The summed E-state index contributed by atoms with van der Waals surface area (Å²) in [5.41, 5.74) is 2.95. The SMILES string of the molecule is C=C(C)[C@@H]1C/C=C(\C)CCC[C@@H](C)CC1. The van der Waals surface area contributed by atoms with E-state index in [2.05, 4.69) is 33.4 Å². The fraction of sp³-hybridized carbons (Fsp3) is 0.733. The minimum absolute atomic E-state index is 0.723. The lowest BCUT2D eigenvalue weighted by atomic mass is 9.86. The van der Waals surface area contributed by atoms with Crippen molar-refractivity contribution in [3.8, 4) is 0 Å². The highest BCUT2D eigenvalue weighted by Gasteiger charge is 2.12. The predicted octanol–water partition coefficient (Wildman–Crippen LogP) is 5.12. The molecule has 1 aliphatic rings. The lowest BCUT2D eigenvalue weighted by Gasteiger charge is -2.20. The summed E-state index contributed by atoms with van der Waals surface area (Å²) in [6.45, 7) is 11.0. The molecule has 0 aromatic carbocycles. The normalized spacial score (nSPS) is 32.9. The molecule has 15 heavy (non-hydrogen) atoms. The Balaban J connectivity index is 2.61. The summed E-state index contributed by atoms with van der Waals surface area (Å²) in [6.07, 6.45) is 10.4. The molecule has 0 saturated carbocycles. The average Bonchev–Trinajstić information content (AvgIpc) is 2.16. The van der Waals surface area contributed by atoms with E-state index in [1.807, 2.05) is 0 Å². The Labute approximate surface area is 95.5 Å². The van der Waals surface area contributed by atoms with Crippen molar-refractivity contribution in [3.63, 3.8) is 0 Å². The van der Waals surface area contributed by atoms with Gasteiger partial charge in [0.1, 0.15) is 0 Å². The summed E-state index contributed by atoms with van der Waals surface area (Å²) in [4.78, 5) is 0. The Hall–Kier alpha value is -0.520. The second-order valence-corrected chi connectivity index (χ2v) is 5.40. The first-order valence-electron chi connectivity index (χ1n) is 6.40. The van der Waals surface area contributed by atoms with Gasteiger partial charge in [-0.05, 0) is 51.4 Å². The average molecular weight is 206 g/mol. The molecule has 0 nitrogen and oxygen atoms in total. The fourth-order valence-corrected chi connectivity index (χ4v) is 2.37. The minimum Gasteiger partial charge on any atom is -0.0998 e. The quantitative estimate of drug-likeness (QED) is 0.523. The van der Waals surface area contributed by atoms with E-state index in [9.17, 15) is 0 Å². The summed E-state index contributed by atoms with van der Waals surface area (Å²) >= 11 is 0. The maximum atomic E-state index is 4.13. The van der Waals surface area contributed by atoms with E-state index in [-0.39, 0.29) is 0 Å². The molecule has 0 heterocycles. The summed E-state index contributed by atoms with van der Waals surface area (Å²) < 4.78 is 0. The zero-order valence-electron chi connectivity index (χ0n) is 10.7. The minimum atomic E-state index is 0.723. The van der Waals surface area contributed by atoms with Crippen molar-refractivity contribution < 1.29 is 0 Å². The Morgan fingerprint density at radius 2 is 2.07 bits per heavy atom. The molecule has 2 atom stereocenters. The Morgan fingerprint density at radius 1 is 1.33 bits per heavy atom. The number of allylic oxidation sites excluding steroid dienone is 3. The van der Waals surface area contributed by atoms with E-state index in [4.69, 9.17) is 0 Å². The van der Waals surface area contributed by atoms with Gasteiger partial charge in [-0.25, -0.2) is 0 Å². The second kappa shape index (κ2) is 6.15. The van der Waals surface area contributed by atoms with Gasteiger partial charge in [0.05, 0.1) is 0 Å². The van der Waals surface area contributed by atoms with Gasteiger partial charge in [0.15, 0.2) is 0 Å². The summed E-state index contributed by atoms with van der Waals surface area (Å²) in [6, 6.07) is 0. The van der Waals surface area contributed by atoms with Crippen LogP contribution in [0.25, 0.3) is 0 Å². The van der Waals surface area contributed by atoms with E-state index in [1.165, 1.54) is 44.1 Å². The van der Waals surface area contributed by atoms with Crippen molar-refractivity contribution in [1.82, 2.24) is 0 Å². The van der Waals surface area contributed by atoms with E-state index in [0.717, 1.165) is 11.8 Å². The van der Waals surface area contributed by atoms with Crippen molar-refractivity contribution in [1.29, 1.82) is 0 Å². The van der Waals surface area contributed by atoms with Gasteiger partial charge in [-0.15, -0.1) is 0 Å². The van der Waals surface area contributed by atoms with Crippen LogP contribution in [-0.2, 0) is 0 Å². The molecule has 1 aliphatic carbocycles. The molecule has 0 heteroatoms. The van der Waals surface area contributed by atoms with Gasteiger partial charge in [0, 0.05) is 0 Å². The molecule has 0 aromatic heterocycles. The molecule has 0 aliphatic heterocycles. The van der Waals surface area contributed by atoms with Gasteiger partial charge < -0.3 is 0 Å².